The van der Waals surface area contributed by atoms with Crippen molar-refractivity contribution in [3.05, 3.63) is 59.4 Å². The summed E-state index contributed by atoms with van der Waals surface area (Å²) in [7, 11) is 0. The van der Waals surface area contributed by atoms with Crippen molar-refractivity contribution in [1.29, 1.82) is 0 Å². The number of benzene rings is 2. The Labute approximate surface area is 155 Å². The third-order valence-corrected chi connectivity index (χ3v) is 3.89. The molecule has 3 amide bonds. The van der Waals surface area contributed by atoms with E-state index in [0.717, 1.165) is 17.7 Å². The van der Waals surface area contributed by atoms with Crippen LogP contribution in [0.5, 0.6) is 5.75 Å². The fourth-order valence-electron chi connectivity index (χ4n) is 2.36. The number of phenolic OH excluding ortho intramolecular Hbond substituents is 1. The van der Waals surface area contributed by atoms with Crippen LogP contribution in [0.1, 0.15) is 29.3 Å². The molecule has 8 heteroatoms. The molecule has 0 aliphatic rings. The number of hydrogen-bond acceptors (Lipinski definition) is 4. The van der Waals surface area contributed by atoms with Gasteiger partial charge in [-0.2, -0.15) is 0 Å². The molecule has 0 radical (unpaired) electrons. The molecule has 2 rings (SSSR count). The Kier molecular flexibility index (Phi) is 6.48. The van der Waals surface area contributed by atoms with Crippen LogP contribution in [0.3, 0.4) is 0 Å². The molecule has 2 aromatic carbocycles. The number of aryl methyl sites for hydroxylation is 1. The van der Waals surface area contributed by atoms with Gasteiger partial charge in [0.25, 0.3) is 0 Å². The fraction of sp³-hybridized carbons (Fsp3) is 0.211. The van der Waals surface area contributed by atoms with E-state index in [-0.39, 0.29) is 23.0 Å². The number of phenols is 1. The molecule has 0 heterocycles. The number of aromatic hydroxyl groups is 1. The van der Waals surface area contributed by atoms with Gasteiger partial charge in [-0.25, -0.2) is 4.39 Å². The van der Waals surface area contributed by atoms with E-state index in [0.29, 0.717) is 12.8 Å². The van der Waals surface area contributed by atoms with Crippen LogP contribution in [0.15, 0.2) is 42.5 Å². The number of hydrogen-bond donors (Lipinski definition) is 4. The summed E-state index contributed by atoms with van der Waals surface area (Å²) in [6.07, 6.45) is 1.20. The first kappa shape index (κ1) is 19.9. The highest BCUT2D eigenvalue weighted by molar-refractivity contribution is 6.39. The molecule has 0 aromatic heterocycles. The predicted molar refractivity (Wildman–Crippen MR) is 97.6 cm³/mol. The minimum Gasteiger partial charge on any atom is -0.508 e. The number of halogens is 1. The summed E-state index contributed by atoms with van der Waals surface area (Å²) in [5, 5.41) is 13.9. The predicted octanol–water partition coefficient (Wildman–Crippen LogP) is 1.71. The van der Waals surface area contributed by atoms with Crippen LogP contribution in [0, 0.1) is 5.82 Å². The molecule has 5 N–H and O–H groups in total. The first-order valence-corrected chi connectivity index (χ1v) is 8.25. The molecule has 142 valence electrons. The Morgan fingerprint density at radius 1 is 1.11 bits per heavy atom. The lowest BCUT2D eigenvalue weighted by atomic mass is 10.1. The molecular formula is C19H20FN3O4. The molecule has 0 saturated carbocycles. The molecule has 0 unspecified atom stereocenters. The summed E-state index contributed by atoms with van der Waals surface area (Å²) in [5.41, 5.74) is 5.79. The largest absolute Gasteiger partial charge is 0.508 e. The number of rotatable bonds is 6. The van der Waals surface area contributed by atoms with Gasteiger partial charge in [0.05, 0.1) is 5.69 Å². The number of primary amides is 1. The van der Waals surface area contributed by atoms with Gasteiger partial charge in [-0.15, -0.1) is 0 Å². The average Bonchev–Trinajstić information content (AvgIpc) is 2.62. The number of nitrogens with one attached hydrogen (secondary N) is 2. The lowest BCUT2D eigenvalue weighted by Gasteiger charge is -2.14. The fourth-order valence-corrected chi connectivity index (χ4v) is 2.36. The second-order valence-corrected chi connectivity index (χ2v) is 6.09. The zero-order chi connectivity index (χ0) is 20.0. The molecule has 0 fully saturated rings. The molecule has 27 heavy (non-hydrogen) atoms. The van der Waals surface area contributed by atoms with Gasteiger partial charge in [0.2, 0.25) is 5.91 Å². The number of nitrogens with two attached hydrogens (primary N) is 1. The summed E-state index contributed by atoms with van der Waals surface area (Å²) < 4.78 is 13.7. The van der Waals surface area contributed by atoms with E-state index < -0.39 is 23.5 Å². The third kappa shape index (κ3) is 5.81. The quantitative estimate of drug-likeness (QED) is 0.576. The first-order valence-electron chi connectivity index (χ1n) is 8.25. The van der Waals surface area contributed by atoms with E-state index in [1.165, 1.54) is 6.07 Å². The van der Waals surface area contributed by atoms with E-state index in [9.17, 15) is 23.9 Å². The van der Waals surface area contributed by atoms with Crippen molar-refractivity contribution in [2.24, 2.45) is 5.73 Å². The maximum absolute atomic E-state index is 13.7. The van der Waals surface area contributed by atoms with Crippen molar-refractivity contribution in [1.82, 2.24) is 5.32 Å². The van der Waals surface area contributed by atoms with Gasteiger partial charge in [-0.05, 0) is 55.7 Å². The Morgan fingerprint density at radius 3 is 2.41 bits per heavy atom. The van der Waals surface area contributed by atoms with E-state index in [2.05, 4.69) is 10.6 Å². The smallest absolute Gasteiger partial charge is 0.313 e. The number of amides is 3. The minimum atomic E-state index is -1.05. The van der Waals surface area contributed by atoms with Crippen molar-refractivity contribution < 1.29 is 23.9 Å². The Hall–Kier alpha value is -3.42. The Balaban J connectivity index is 1.89. The van der Waals surface area contributed by atoms with Crippen LogP contribution in [0.2, 0.25) is 0 Å². The molecule has 2 aromatic rings. The Bertz CT molecular complexity index is 853. The SMILES string of the molecule is C[C@@H](CCc1ccc(O)cc1)NC(=O)C(=O)Nc1cc(C(N)=O)ccc1F. The van der Waals surface area contributed by atoms with Crippen molar-refractivity contribution >= 4 is 23.4 Å². The van der Waals surface area contributed by atoms with Crippen LogP contribution >= 0.6 is 0 Å². The number of carbonyl (C=O) groups is 3. The zero-order valence-corrected chi connectivity index (χ0v) is 14.7. The molecular weight excluding hydrogens is 353 g/mol. The van der Waals surface area contributed by atoms with Gasteiger partial charge in [0, 0.05) is 11.6 Å². The summed E-state index contributed by atoms with van der Waals surface area (Å²) in [6, 6.07) is 9.60. The molecule has 1 atom stereocenters. The molecule has 0 aliphatic heterocycles. The number of anilines is 1. The van der Waals surface area contributed by atoms with Gasteiger partial charge in [0.15, 0.2) is 0 Å². The van der Waals surface area contributed by atoms with Crippen LogP contribution < -0.4 is 16.4 Å². The average molecular weight is 373 g/mol. The summed E-state index contributed by atoms with van der Waals surface area (Å²) in [4.78, 5) is 35.1. The van der Waals surface area contributed by atoms with E-state index >= 15 is 0 Å². The Morgan fingerprint density at radius 2 is 1.78 bits per heavy atom. The highest BCUT2D eigenvalue weighted by atomic mass is 19.1. The lowest BCUT2D eigenvalue weighted by molar-refractivity contribution is -0.136. The van der Waals surface area contributed by atoms with Crippen LogP contribution in [0.4, 0.5) is 10.1 Å². The minimum absolute atomic E-state index is 0.00868. The number of carbonyl (C=O) groups excluding carboxylic acids is 3. The molecule has 0 saturated heterocycles. The zero-order valence-electron chi connectivity index (χ0n) is 14.7. The van der Waals surface area contributed by atoms with Gasteiger partial charge >= 0.3 is 11.8 Å². The van der Waals surface area contributed by atoms with Gasteiger partial charge in [-0.1, -0.05) is 12.1 Å². The lowest BCUT2D eigenvalue weighted by Crippen LogP contribution is -2.40. The van der Waals surface area contributed by atoms with Crippen molar-refractivity contribution in [3.8, 4) is 5.75 Å². The molecule has 0 spiro atoms. The molecule has 0 bridgehead atoms. The van der Waals surface area contributed by atoms with Gasteiger partial charge < -0.3 is 21.5 Å². The second kappa shape index (κ2) is 8.79. The van der Waals surface area contributed by atoms with Crippen LogP contribution in [0.25, 0.3) is 0 Å². The molecule has 0 aliphatic carbocycles. The normalized spacial score (nSPS) is 11.5. The van der Waals surface area contributed by atoms with Crippen LogP contribution in [-0.4, -0.2) is 28.9 Å². The summed E-state index contributed by atoms with van der Waals surface area (Å²) >= 11 is 0. The van der Waals surface area contributed by atoms with E-state index in [4.69, 9.17) is 5.73 Å². The summed E-state index contributed by atoms with van der Waals surface area (Å²) in [5.74, 6) is -3.37. The standard InChI is InChI=1S/C19H20FN3O4/c1-11(2-3-12-4-7-14(24)8-5-12)22-18(26)19(27)23-16-10-13(17(21)25)6-9-15(16)20/h4-11,24H,2-3H2,1H3,(H2,21,25)(H,22,26)(H,23,27)/t11-/m0/s1. The van der Waals surface area contributed by atoms with E-state index in [1.54, 1.807) is 31.2 Å². The second-order valence-electron chi connectivity index (χ2n) is 6.09. The van der Waals surface area contributed by atoms with Crippen LogP contribution in [-0.2, 0) is 16.0 Å². The first-order chi connectivity index (χ1) is 12.8. The maximum atomic E-state index is 13.7. The van der Waals surface area contributed by atoms with Gasteiger partial charge in [0.1, 0.15) is 11.6 Å². The van der Waals surface area contributed by atoms with E-state index in [1.807, 2.05) is 0 Å². The highest BCUT2D eigenvalue weighted by Crippen LogP contribution is 2.16. The van der Waals surface area contributed by atoms with Crippen molar-refractivity contribution in [2.45, 2.75) is 25.8 Å². The van der Waals surface area contributed by atoms with Crippen molar-refractivity contribution in [3.63, 3.8) is 0 Å². The maximum Gasteiger partial charge on any atom is 0.313 e. The van der Waals surface area contributed by atoms with Crippen molar-refractivity contribution in [2.75, 3.05) is 5.32 Å². The topological polar surface area (TPSA) is 122 Å². The monoisotopic (exact) mass is 373 g/mol. The molecule has 7 nitrogen and oxygen atoms in total. The summed E-state index contributed by atoms with van der Waals surface area (Å²) in [6.45, 7) is 1.74. The van der Waals surface area contributed by atoms with Gasteiger partial charge in [-0.3, -0.25) is 14.4 Å². The third-order valence-electron chi connectivity index (χ3n) is 3.89. The highest BCUT2D eigenvalue weighted by Gasteiger charge is 2.18.